The summed E-state index contributed by atoms with van der Waals surface area (Å²) in [4.78, 5) is 11.2. The Morgan fingerprint density at radius 1 is 0.870 bits per heavy atom. The molecule has 0 aromatic rings. The van der Waals surface area contributed by atoms with E-state index in [1.165, 1.54) is 19.3 Å². The second kappa shape index (κ2) is 18.7. The van der Waals surface area contributed by atoms with E-state index in [0.717, 1.165) is 38.5 Å². The Morgan fingerprint density at radius 3 is 2.17 bits per heavy atom. The summed E-state index contributed by atoms with van der Waals surface area (Å²) >= 11 is 0. The third kappa shape index (κ3) is 18.6. The van der Waals surface area contributed by atoms with Crippen molar-refractivity contribution in [3.8, 4) is 0 Å². The van der Waals surface area contributed by atoms with E-state index in [0.29, 0.717) is 6.42 Å². The molecule has 1 N–H and O–H groups in total. The van der Waals surface area contributed by atoms with Crippen LogP contribution in [0.1, 0.15) is 71.1 Å². The summed E-state index contributed by atoms with van der Waals surface area (Å²) in [5, 5.41) is 8.53. The van der Waals surface area contributed by atoms with Crippen LogP contribution in [0.5, 0.6) is 0 Å². The normalized spacial score (nSPS) is 11.9. The topological polar surface area (TPSA) is 46.5 Å². The number of esters is 1. The van der Waals surface area contributed by atoms with Crippen molar-refractivity contribution in [1.29, 1.82) is 0 Å². The number of carbonyl (C=O) groups is 1. The molecule has 0 aromatic heterocycles. The van der Waals surface area contributed by atoms with Crippen molar-refractivity contribution in [2.24, 2.45) is 0 Å². The van der Waals surface area contributed by atoms with Gasteiger partial charge in [0.05, 0.1) is 6.61 Å². The molecule has 0 rings (SSSR count). The Balaban J connectivity index is 3.28. The van der Waals surface area contributed by atoms with Crippen LogP contribution in [0.15, 0.2) is 36.5 Å². The summed E-state index contributed by atoms with van der Waals surface area (Å²) in [5.74, 6) is -0.194. The summed E-state index contributed by atoms with van der Waals surface area (Å²) < 4.78 is 4.80. The Kier molecular flexibility index (Phi) is 17.6. The fourth-order valence-corrected chi connectivity index (χ4v) is 2.12. The highest BCUT2D eigenvalue weighted by atomic mass is 16.5. The van der Waals surface area contributed by atoms with E-state index < -0.39 is 0 Å². The highest BCUT2D eigenvalue weighted by Gasteiger charge is 2.01. The first-order chi connectivity index (χ1) is 11.3. The lowest BCUT2D eigenvalue weighted by Crippen LogP contribution is -2.07. The average molecular weight is 322 g/mol. The van der Waals surface area contributed by atoms with Crippen LogP contribution < -0.4 is 0 Å². The molecule has 0 bridgehead atoms. The predicted octanol–water partition coefficient (Wildman–Crippen LogP) is 5.11. The molecule has 0 heterocycles. The molecule has 3 heteroatoms. The smallest absolute Gasteiger partial charge is 0.305 e. The minimum absolute atomic E-state index is 0.0923. The fraction of sp³-hybridized carbons (Fsp3) is 0.650. The molecule has 0 aliphatic carbocycles. The van der Waals surface area contributed by atoms with Crippen molar-refractivity contribution in [3.05, 3.63) is 36.5 Å². The molecule has 0 spiro atoms. The molecule has 0 unspecified atom stereocenters. The number of unbranched alkanes of at least 4 members (excludes halogenated alkanes) is 5. The first-order valence-corrected chi connectivity index (χ1v) is 9.02. The zero-order valence-electron chi connectivity index (χ0n) is 14.7. The maximum Gasteiger partial charge on any atom is 0.305 e. The molecule has 0 saturated heterocycles. The van der Waals surface area contributed by atoms with Crippen molar-refractivity contribution < 1.29 is 14.6 Å². The minimum atomic E-state index is -0.194. The lowest BCUT2D eigenvalue weighted by Gasteiger charge is -2.02. The Hall–Kier alpha value is -1.35. The van der Waals surface area contributed by atoms with E-state index in [2.05, 4.69) is 43.4 Å². The molecule has 0 atom stereocenters. The third-order valence-corrected chi connectivity index (χ3v) is 3.39. The first kappa shape index (κ1) is 21.6. The third-order valence-electron chi connectivity index (χ3n) is 3.39. The van der Waals surface area contributed by atoms with E-state index in [-0.39, 0.29) is 19.2 Å². The van der Waals surface area contributed by atoms with E-state index >= 15 is 0 Å². The van der Waals surface area contributed by atoms with Crippen LogP contribution in [-0.4, -0.2) is 24.3 Å². The lowest BCUT2D eigenvalue weighted by atomic mass is 10.1. The number of rotatable bonds is 15. The van der Waals surface area contributed by atoms with Gasteiger partial charge in [0.2, 0.25) is 0 Å². The summed E-state index contributed by atoms with van der Waals surface area (Å²) in [5.41, 5.74) is 0. The molecular weight excluding hydrogens is 288 g/mol. The summed E-state index contributed by atoms with van der Waals surface area (Å²) in [6.07, 6.45) is 23.7. The molecule has 0 radical (unpaired) electrons. The molecular formula is C20H34O3. The van der Waals surface area contributed by atoms with Gasteiger partial charge in [-0.3, -0.25) is 4.79 Å². The molecule has 0 fully saturated rings. The SMILES string of the molecule is CCC=CCC=CCC=CCCCCCCCC(=O)OCCO. The van der Waals surface area contributed by atoms with Crippen molar-refractivity contribution in [3.63, 3.8) is 0 Å². The number of carbonyl (C=O) groups excluding carboxylic acids is 1. The molecule has 23 heavy (non-hydrogen) atoms. The fourth-order valence-electron chi connectivity index (χ4n) is 2.12. The van der Waals surface area contributed by atoms with Gasteiger partial charge in [-0.05, 0) is 38.5 Å². The molecule has 132 valence electrons. The lowest BCUT2D eigenvalue weighted by molar-refractivity contribution is -0.144. The highest BCUT2D eigenvalue weighted by molar-refractivity contribution is 5.69. The van der Waals surface area contributed by atoms with Gasteiger partial charge in [0.25, 0.3) is 0 Å². The Labute approximate surface area is 142 Å². The van der Waals surface area contributed by atoms with Gasteiger partial charge in [0, 0.05) is 6.42 Å². The van der Waals surface area contributed by atoms with Crippen LogP contribution >= 0.6 is 0 Å². The molecule has 0 amide bonds. The van der Waals surface area contributed by atoms with Crippen molar-refractivity contribution in [2.45, 2.75) is 71.1 Å². The van der Waals surface area contributed by atoms with E-state index in [9.17, 15) is 4.79 Å². The number of aliphatic hydroxyl groups excluding tert-OH is 1. The van der Waals surface area contributed by atoms with Gasteiger partial charge in [0.15, 0.2) is 0 Å². The van der Waals surface area contributed by atoms with Gasteiger partial charge < -0.3 is 9.84 Å². The van der Waals surface area contributed by atoms with Gasteiger partial charge in [-0.15, -0.1) is 0 Å². The van der Waals surface area contributed by atoms with E-state index in [1.54, 1.807) is 0 Å². The number of aliphatic hydroxyl groups is 1. The minimum Gasteiger partial charge on any atom is -0.463 e. The standard InChI is InChI=1S/C20H34O3/c1-2-3-4-5-6-7-8-9-10-11-12-13-14-15-16-17-20(22)23-19-18-21/h3-4,6-7,9-10,21H,2,5,8,11-19H2,1H3. The molecule has 0 aromatic carbocycles. The van der Waals surface area contributed by atoms with Crippen LogP contribution in [0.2, 0.25) is 0 Å². The molecule has 3 nitrogen and oxygen atoms in total. The zero-order chi connectivity index (χ0) is 17.0. The van der Waals surface area contributed by atoms with Crippen LogP contribution in [-0.2, 0) is 9.53 Å². The number of ether oxygens (including phenoxy) is 1. The highest BCUT2D eigenvalue weighted by Crippen LogP contribution is 2.08. The predicted molar refractivity (Wildman–Crippen MR) is 97.3 cm³/mol. The number of allylic oxidation sites excluding steroid dienone is 6. The number of hydrogen-bond donors (Lipinski definition) is 1. The van der Waals surface area contributed by atoms with E-state index in [4.69, 9.17) is 9.84 Å². The van der Waals surface area contributed by atoms with E-state index in [1.807, 2.05) is 0 Å². The maximum absolute atomic E-state index is 11.2. The molecule has 0 aliphatic rings. The second-order valence-electron chi connectivity index (χ2n) is 5.54. The second-order valence-corrected chi connectivity index (χ2v) is 5.54. The first-order valence-electron chi connectivity index (χ1n) is 9.02. The molecule has 0 saturated carbocycles. The monoisotopic (exact) mass is 322 g/mol. The van der Waals surface area contributed by atoms with Crippen LogP contribution in [0, 0.1) is 0 Å². The van der Waals surface area contributed by atoms with Gasteiger partial charge in [0.1, 0.15) is 6.61 Å². The summed E-state index contributed by atoms with van der Waals surface area (Å²) in [7, 11) is 0. The van der Waals surface area contributed by atoms with Gasteiger partial charge >= 0.3 is 5.97 Å². The van der Waals surface area contributed by atoms with Crippen molar-refractivity contribution in [2.75, 3.05) is 13.2 Å². The van der Waals surface area contributed by atoms with Gasteiger partial charge in [-0.25, -0.2) is 0 Å². The largest absolute Gasteiger partial charge is 0.463 e. The quantitative estimate of drug-likeness (QED) is 0.259. The maximum atomic E-state index is 11.2. The van der Waals surface area contributed by atoms with Crippen molar-refractivity contribution in [1.82, 2.24) is 0 Å². The summed E-state index contributed by atoms with van der Waals surface area (Å²) in [6, 6.07) is 0. The van der Waals surface area contributed by atoms with Crippen molar-refractivity contribution >= 4 is 5.97 Å². The molecule has 0 aliphatic heterocycles. The van der Waals surface area contributed by atoms with Crippen LogP contribution in [0.4, 0.5) is 0 Å². The Morgan fingerprint density at radius 2 is 1.48 bits per heavy atom. The zero-order valence-corrected chi connectivity index (χ0v) is 14.7. The van der Waals surface area contributed by atoms with Gasteiger partial charge in [-0.2, -0.15) is 0 Å². The average Bonchev–Trinajstić information content (AvgIpc) is 2.56. The van der Waals surface area contributed by atoms with Crippen LogP contribution in [0.3, 0.4) is 0 Å². The van der Waals surface area contributed by atoms with Gasteiger partial charge in [-0.1, -0.05) is 62.6 Å². The summed E-state index contributed by atoms with van der Waals surface area (Å²) in [6.45, 7) is 2.18. The number of hydrogen-bond acceptors (Lipinski definition) is 3. The Bertz CT molecular complexity index is 343. The van der Waals surface area contributed by atoms with Crippen LogP contribution in [0.25, 0.3) is 0 Å².